The van der Waals surface area contributed by atoms with E-state index in [1.807, 2.05) is 0 Å². The molecule has 0 bridgehead atoms. The van der Waals surface area contributed by atoms with Crippen LogP contribution in [0, 0.1) is 0 Å². The fraction of sp³-hybridized carbons (Fsp3) is 0.333. The lowest BCUT2D eigenvalue weighted by Crippen LogP contribution is -2.14. The van der Waals surface area contributed by atoms with Gasteiger partial charge in [-0.3, -0.25) is 0 Å². The second-order valence-corrected chi connectivity index (χ2v) is 6.58. The average Bonchev–Trinajstić information content (AvgIpc) is 2.73. The minimum absolute atomic E-state index is 0.147. The van der Waals surface area contributed by atoms with Gasteiger partial charge in [-0.2, -0.15) is 0 Å². The van der Waals surface area contributed by atoms with Crippen LogP contribution < -0.4 is 5.73 Å². The van der Waals surface area contributed by atoms with E-state index < -0.39 is 32.4 Å². The van der Waals surface area contributed by atoms with Gasteiger partial charge >= 0.3 is 10.2 Å². The minimum Gasteiger partial charge on any atom is -0.325 e. The van der Waals surface area contributed by atoms with Crippen molar-refractivity contribution < 1.29 is 23.8 Å². The smallest absolute Gasteiger partial charge is 0.310 e. The molecule has 1 fully saturated rings. The van der Waals surface area contributed by atoms with Crippen molar-refractivity contribution in [3.8, 4) is 0 Å². The Morgan fingerprint density at radius 1 is 1.18 bits per heavy atom. The zero-order valence-electron chi connectivity index (χ0n) is 8.35. The molecule has 0 radical (unpaired) electrons. The lowest BCUT2D eigenvalue weighted by Gasteiger charge is -2.40. The molecule has 2 atom stereocenters. The van der Waals surface area contributed by atoms with E-state index >= 15 is 0 Å². The van der Waals surface area contributed by atoms with Gasteiger partial charge in [-0.1, -0.05) is 31.6 Å². The third-order valence-corrected chi connectivity index (χ3v) is 3.85. The maximum Gasteiger partial charge on any atom is 0.310 e. The molecule has 2 N–H and O–H groups in total. The van der Waals surface area contributed by atoms with Gasteiger partial charge in [0.2, 0.25) is 0 Å². The summed E-state index contributed by atoms with van der Waals surface area (Å²) < 4.78 is 76.1. The summed E-state index contributed by atoms with van der Waals surface area (Å²) in [6, 6.07) is 1.24. The van der Waals surface area contributed by atoms with Crippen LogP contribution in [-0.4, -0.2) is 6.04 Å². The maximum atomic E-state index is 13.7. The third kappa shape index (κ3) is 2.23. The van der Waals surface area contributed by atoms with Crippen molar-refractivity contribution >= 4 is 10.2 Å². The fourth-order valence-electron chi connectivity index (χ4n) is 1.59. The average molecular weight is 277 g/mol. The van der Waals surface area contributed by atoms with Gasteiger partial charge < -0.3 is 5.73 Å². The van der Waals surface area contributed by atoms with Crippen molar-refractivity contribution in [3.05, 3.63) is 29.8 Å². The van der Waals surface area contributed by atoms with Crippen molar-refractivity contribution in [2.75, 3.05) is 0 Å². The predicted molar refractivity (Wildman–Crippen MR) is 53.2 cm³/mol. The van der Waals surface area contributed by atoms with E-state index in [1.165, 1.54) is 0 Å². The first-order valence-corrected chi connectivity index (χ1v) is 6.57. The molecule has 1 aliphatic rings. The summed E-state index contributed by atoms with van der Waals surface area (Å²) in [6.45, 7) is 0. The summed E-state index contributed by atoms with van der Waals surface area (Å²) in [6.07, 6.45) is -0.156. The molecule has 0 aliphatic heterocycles. The topological polar surface area (TPSA) is 26.0 Å². The summed E-state index contributed by atoms with van der Waals surface area (Å²) in [5.74, 6) is 0. The first kappa shape index (κ1) is 12.6. The summed E-state index contributed by atoms with van der Waals surface area (Å²) in [4.78, 5) is -2.08. The second kappa shape index (κ2) is 2.59. The molecule has 0 unspecified atom stereocenters. The molecule has 8 heteroatoms. The first-order chi connectivity index (χ1) is 7.33. The molecule has 1 saturated carbocycles. The van der Waals surface area contributed by atoms with Gasteiger partial charge in [0, 0.05) is 12.5 Å². The molecule has 0 amide bonds. The highest BCUT2D eigenvalue weighted by Crippen LogP contribution is 3.02. The Kier molecular flexibility index (Phi) is 1.91. The van der Waals surface area contributed by atoms with Crippen molar-refractivity contribution in [1.29, 1.82) is 0 Å². The Morgan fingerprint density at radius 3 is 2.12 bits per heavy atom. The van der Waals surface area contributed by atoms with E-state index in [2.05, 4.69) is 0 Å². The molecule has 1 aliphatic carbocycles. The van der Waals surface area contributed by atoms with Gasteiger partial charge in [0.25, 0.3) is 0 Å². The van der Waals surface area contributed by atoms with Crippen LogP contribution >= 0.6 is 10.2 Å². The van der Waals surface area contributed by atoms with Gasteiger partial charge in [-0.25, -0.2) is 4.39 Å². The largest absolute Gasteiger partial charge is 0.325 e. The highest BCUT2D eigenvalue weighted by atomic mass is 32.5. The van der Waals surface area contributed by atoms with Gasteiger partial charge in [0.1, 0.15) is 4.90 Å². The fourth-order valence-corrected chi connectivity index (χ4v) is 2.27. The quantitative estimate of drug-likeness (QED) is 0.804. The van der Waals surface area contributed by atoms with Gasteiger partial charge in [-0.15, -0.1) is 0 Å². The van der Waals surface area contributed by atoms with E-state index in [4.69, 9.17) is 5.73 Å². The van der Waals surface area contributed by atoms with Crippen molar-refractivity contribution in [2.45, 2.75) is 23.0 Å². The Bertz CT molecular complexity index is 483. The zero-order valence-corrected chi connectivity index (χ0v) is 9.16. The molecule has 0 heterocycles. The van der Waals surface area contributed by atoms with E-state index in [1.54, 1.807) is 0 Å². The van der Waals surface area contributed by atoms with Gasteiger partial charge in [0.05, 0.1) is 0 Å². The lowest BCUT2D eigenvalue weighted by molar-refractivity contribution is 0.305. The molecule has 0 saturated heterocycles. The SMILES string of the molecule is N[C@H]1C[C@@]1(F)c1cccc(S(F)(F)(F)(F)F)c1. The van der Waals surface area contributed by atoms with E-state index in [0.717, 1.165) is 12.1 Å². The predicted octanol–water partition coefficient (Wildman–Crippen LogP) is 4.24. The Morgan fingerprint density at radius 2 is 1.71 bits per heavy atom. The number of hydrogen-bond donors (Lipinski definition) is 1. The van der Waals surface area contributed by atoms with E-state index in [9.17, 15) is 23.8 Å². The molecule has 1 aromatic rings. The molecule has 98 valence electrons. The van der Waals surface area contributed by atoms with Crippen LogP contribution in [0.2, 0.25) is 0 Å². The summed E-state index contributed by atoms with van der Waals surface area (Å²) in [7, 11) is -9.75. The van der Waals surface area contributed by atoms with E-state index in [0.29, 0.717) is 0 Å². The molecule has 0 spiro atoms. The zero-order chi connectivity index (χ0) is 13.2. The molecule has 2 rings (SSSR count). The second-order valence-electron chi connectivity index (χ2n) is 4.17. The first-order valence-electron chi connectivity index (χ1n) is 4.62. The molecular weight excluding hydrogens is 268 g/mol. The van der Waals surface area contributed by atoms with Crippen LogP contribution in [0.5, 0.6) is 0 Å². The summed E-state index contributed by atoms with van der Waals surface area (Å²) in [5.41, 5.74) is 2.66. The Balaban J connectivity index is 2.52. The molecular formula is C9H9F6NS. The Hall–Kier alpha value is -0.890. The minimum atomic E-state index is -9.75. The van der Waals surface area contributed by atoms with E-state index in [-0.39, 0.29) is 18.6 Å². The van der Waals surface area contributed by atoms with Crippen molar-refractivity contribution in [2.24, 2.45) is 5.73 Å². The lowest BCUT2D eigenvalue weighted by atomic mass is 10.1. The van der Waals surface area contributed by atoms with Crippen LogP contribution in [0.4, 0.5) is 23.8 Å². The molecule has 17 heavy (non-hydrogen) atoms. The number of halogens is 6. The van der Waals surface area contributed by atoms with Gasteiger partial charge in [0.15, 0.2) is 5.67 Å². The number of hydrogen-bond acceptors (Lipinski definition) is 1. The number of nitrogens with two attached hydrogens (primary N) is 1. The van der Waals surface area contributed by atoms with Crippen molar-refractivity contribution in [3.63, 3.8) is 0 Å². The van der Waals surface area contributed by atoms with Crippen LogP contribution in [0.25, 0.3) is 0 Å². The van der Waals surface area contributed by atoms with Crippen LogP contribution in [0.1, 0.15) is 12.0 Å². The maximum absolute atomic E-state index is 13.7. The summed E-state index contributed by atoms with van der Waals surface area (Å²) in [5, 5.41) is 0. The monoisotopic (exact) mass is 277 g/mol. The van der Waals surface area contributed by atoms with Gasteiger partial charge in [-0.05, 0) is 17.7 Å². The van der Waals surface area contributed by atoms with Crippen molar-refractivity contribution in [1.82, 2.24) is 0 Å². The number of benzene rings is 1. The molecule has 1 aromatic carbocycles. The normalized spacial score (nSPS) is 32.8. The number of alkyl halides is 1. The third-order valence-electron chi connectivity index (χ3n) is 2.70. The molecule has 1 nitrogen and oxygen atoms in total. The van der Waals surface area contributed by atoms with Crippen LogP contribution in [0.3, 0.4) is 0 Å². The summed E-state index contributed by atoms with van der Waals surface area (Å²) >= 11 is 0. The van der Waals surface area contributed by atoms with Crippen LogP contribution in [-0.2, 0) is 5.67 Å². The highest BCUT2D eigenvalue weighted by molar-refractivity contribution is 8.45. The highest BCUT2D eigenvalue weighted by Gasteiger charge is 2.66. The standard InChI is InChI=1S/C9H9F6NS/c10-9(5-8(9)16)6-2-1-3-7(4-6)17(11,12,13,14)15/h1-4,8H,5,16H2/t8-,9+/m0/s1. The number of rotatable bonds is 2. The molecule has 0 aromatic heterocycles. The Labute approximate surface area is 93.3 Å². The van der Waals surface area contributed by atoms with Crippen LogP contribution in [0.15, 0.2) is 29.2 Å².